The molecule has 0 aliphatic carbocycles. The van der Waals surface area contributed by atoms with Crippen LogP contribution in [0.1, 0.15) is 17.5 Å². The Morgan fingerprint density at radius 1 is 1.00 bits per heavy atom. The minimum Gasteiger partial charge on any atom is -0.324 e. The van der Waals surface area contributed by atoms with Crippen molar-refractivity contribution in [2.75, 3.05) is 17.2 Å². The summed E-state index contributed by atoms with van der Waals surface area (Å²) in [5.74, 6) is -0.920. The third kappa shape index (κ3) is 4.27. The number of carbonyl (C=O) groups excluding carboxylic acids is 2. The van der Waals surface area contributed by atoms with Gasteiger partial charge in [0.2, 0.25) is 21.8 Å². The second kappa shape index (κ2) is 7.27. The Hall–Kier alpha value is -2.71. The molecule has 0 atom stereocenters. The molecule has 0 saturated carbocycles. The molecule has 1 aliphatic heterocycles. The molecule has 2 amide bonds. The Morgan fingerprint density at radius 2 is 1.73 bits per heavy atom. The molecule has 0 unspecified atom stereocenters. The standard InChI is InChI=1S/C18H19N3O4S/c1-12-3-2-4-13(9-12)7-8-19-26(24,25)14-5-6-15-16(10-14)21-18(23)11-17(22)20-15/h2-6,9-10,19H,7-8,11H2,1H3,(H,20,22)(H,21,23). The van der Waals surface area contributed by atoms with Crippen molar-refractivity contribution in [1.82, 2.24) is 4.72 Å². The molecule has 136 valence electrons. The SMILES string of the molecule is Cc1cccc(CCNS(=O)(=O)c2ccc3c(c2)NC(=O)CC(=O)N3)c1. The minimum atomic E-state index is -3.73. The summed E-state index contributed by atoms with van der Waals surface area (Å²) in [5.41, 5.74) is 2.81. The van der Waals surface area contributed by atoms with Gasteiger partial charge in [-0.25, -0.2) is 13.1 Å². The van der Waals surface area contributed by atoms with E-state index in [1.54, 1.807) is 0 Å². The van der Waals surface area contributed by atoms with Gasteiger partial charge in [-0.15, -0.1) is 0 Å². The fraction of sp³-hybridized carbons (Fsp3) is 0.222. The molecule has 3 N–H and O–H groups in total. The summed E-state index contributed by atoms with van der Waals surface area (Å²) >= 11 is 0. The molecule has 1 heterocycles. The van der Waals surface area contributed by atoms with Gasteiger partial charge in [0.15, 0.2) is 0 Å². The van der Waals surface area contributed by atoms with Crippen LogP contribution in [0.3, 0.4) is 0 Å². The number of fused-ring (bicyclic) bond motifs is 1. The first-order valence-electron chi connectivity index (χ1n) is 8.12. The second-order valence-corrected chi connectivity index (χ2v) is 7.88. The Morgan fingerprint density at radius 3 is 2.46 bits per heavy atom. The van der Waals surface area contributed by atoms with Crippen molar-refractivity contribution in [3.8, 4) is 0 Å². The molecular weight excluding hydrogens is 354 g/mol. The summed E-state index contributed by atoms with van der Waals surface area (Å²) in [4.78, 5) is 23.2. The summed E-state index contributed by atoms with van der Waals surface area (Å²) in [5, 5.41) is 5.10. The largest absolute Gasteiger partial charge is 0.324 e. The van der Waals surface area contributed by atoms with Crippen LogP contribution in [0.4, 0.5) is 11.4 Å². The van der Waals surface area contributed by atoms with Gasteiger partial charge >= 0.3 is 0 Å². The van der Waals surface area contributed by atoms with Gasteiger partial charge in [0.05, 0.1) is 16.3 Å². The lowest BCUT2D eigenvalue weighted by molar-refractivity contribution is -0.123. The lowest BCUT2D eigenvalue weighted by Crippen LogP contribution is -2.26. The summed E-state index contributed by atoms with van der Waals surface area (Å²) in [6, 6.07) is 12.1. The van der Waals surface area contributed by atoms with Gasteiger partial charge in [-0.2, -0.15) is 0 Å². The Balaban J connectivity index is 1.73. The fourth-order valence-electron chi connectivity index (χ4n) is 2.72. The highest BCUT2D eigenvalue weighted by atomic mass is 32.2. The lowest BCUT2D eigenvalue weighted by atomic mass is 10.1. The number of aryl methyl sites for hydroxylation is 1. The third-order valence-corrected chi connectivity index (χ3v) is 5.42. The van der Waals surface area contributed by atoms with Crippen LogP contribution in [0, 0.1) is 6.92 Å². The van der Waals surface area contributed by atoms with Crippen molar-refractivity contribution < 1.29 is 18.0 Å². The molecule has 0 bridgehead atoms. The Labute approximate surface area is 151 Å². The van der Waals surface area contributed by atoms with Crippen LogP contribution in [-0.2, 0) is 26.0 Å². The second-order valence-electron chi connectivity index (χ2n) is 6.12. The monoisotopic (exact) mass is 373 g/mol. The van der Waals surface area contributed by atoms with Crippen molar-refractivity contribution >= 4 is 33.2 Å². The van der Waals surface area contributed by atoms with Gasteiger partial charge in [0, 0.05) is 6.54 Å². The molecule has 0 aromatic heterocycles. The summed E-state index contributed by atoms with van der Waals surface area (Å²) in [6.45, 7) is 2.24. The number of sulfonamides is 1. The maximum atomic E-state index is 12.5. The van der Waals surface area contributed by atoms with Gasteiger partial charge in [0.25, 0.3) is 0 Å². The van der Waals surface area contributed by atoms with Crippen LogP contribution in [0.25, 0.3) is 0 Å². The number of hydrogen-bond donors (Lipinski definition) is 3. The van der Waals surface area contributed by atoms with Gasteiger partial charge < -0.3 is 10.6 Å². The number of hydrogen-bond acceptors (Lipinski definition) is 4. The smallest absolute Gasteiger partial charge is 0.240 e. The average Bonchev–Trinajstić information content (AvgIpc) is 2.70. The van der Waals surface area contributed by atoms with E-state index in [0.717, 1.165) is 11.1 Å². The molecule has 7 nitrogen and oxygen atoms in total. The predicted molar refractivity (Wildman–Crippen MR) is 98.4 cm³/mol. The predicted octanol–water partition coefficient (Wildman–Crippen LogP) is 1.80. The van der Waals surface area contributed by atoms with E-state index in [1.165, 1.54) is 18.2 Å². The quantitative estimate of drug-likeness (QED) is 0.695. The fourth-order valence-corrected chi connectivity index (χ4v) is 3.78. The van der Waals surface area contributed by atoms with Crippen LogP contribution >= 0.6 is 0 Å². The topological polar surface area (TPSA) is 104 Å². The highest BCUT2D eigenvalue weighted by Gasteiger charge is 2.21. The first-order valence-corrected chi connectivity index (χ1v) is 9.61. The number of nitrogens with one attached hydrogen (secondary N) is 3. The number of rotatable bonds is 5. The molecule has 0 fully saturated rings. The summed E-state index contributed by atoms with van der Waals surface area (Å²) < 4.78 is 27.5. The molecule has 8 heteroatoms. The minimum absolute atomic E-state index is 0.0249. The van der Waals surface area contributed by atoms with E-state index >= 15 is 0 Å². The first kappa shape index (κ1) is 18.1. The van der Waals surface area contributed by atoms with E-state index in [-0.39, 0.29) is 23.5 Å². The van der Waals surface area contributed by atoms with Crippen LogP contribution < -0.4 is 15.4 Å². The van der Waals surface area contributed by atoms with E-state index in [0.29, 0.717) is 12.1 Å². The average molecular weight is 373 g/mol. The molecule has 26 heavy (non-hydrogen) atoms. The summed E-state index contributed by atoms with van der Waals surface area (Å²) in [7, 11) is -3.73. The van der Waals surface area contributed by atoms with Crippen LogP contribution in [0.15, 0.2) is 47.4 Å². The highest BCUT2D eigenvalue weighted by molar-refractivity contribution is 7.89. The zero-order chi connectivity index (χ0) is 18.7. The number of amides is 2. The molecule has 1 aliphatic rings. The van der Waals surface area contributed by atoms with E-state index in [1.807, 2.05) is 31.2 Å². The van der Waals surface area contributed by atoms with Crippen LogP contribution in [0.5, 0.6) is 0 Å². The van der Waals surface area contributed by atoms with E-state index < -0.39 is 21.8 Å². The molecule has 3 rings (SSSR count). The van der Waals surface area contributed by atoms with Crippen molar-refractivity contribution in [3.63, 3.8) is 0 Å². The number of anilines is 2. The zero-order valence-corrected chi connectivity index (χ0v) is 15.0. The number of benzene rings is 2. The van der Waals surface area contributed by atoms with Crippen LogP contribution in [0.2, 0.25) is 0 Å². The number of carbonyl (C=O) groups is 2. The van der Waals surface area contributed by atoms with Crippen molar-refractivity contribution in [2.45, 2.75) is 24.7 Å². The van der Waals surface area contributed by atoms with Crippen molar-refractivity contribution in [3.05, 3.63) is 53.6 Å². The molecule has 2 aromatic carbocycles. The maximum absolute atomic E-state index is 12.5. The van der Waals surface area contributed by atoms with Crippen molar-refractivity contribution in [1.29, 1.82) is 0 Å². The normalized spacial score (nSPS) is 14.2. The van der Waals surface area contributed by atoms with Crippen molar-refractivity contribution in [2.24, 2.45) is 0 Å². The highest BCUT2D eigenvalue weighted by Crippen LogP contribution is 2.27. The molecule has 0 radical (unpaired) electrons. The van der Waals surface area contributed by atoms with Gasteiger partial charge in [-0.05, 0) is 37.1 Å². The molecule has 0 spiro atoms. The van der Waals surface area contributed by atoms with E-state index in [2.05, 4.69) is 15.4 Å². The Kier molecular flexibility index (Phi) is 5.06. The lowest BCUT2D eigenvalue weighted by Gasteiger charge is -2.11. The zero-order valence-electron chi connectivity index (χ0n) is 14.2. The third-order valence-electron chi connectivity index (χ3n) is 3.96. The van der Waals surface area contributed by atoms with E-state index in [4.69, 9.17) is 0 Å². The van der Waals surface area contributed by atoms with E-state index in [9.17, 15) is 18.0 Å². The maximum Gasteiger partial charge on any atom is 0.240 e. The van der Waals surface area contributed by atoms with Gasteiger partial charge in [0.1, 0.15) is 6.42 Å². The summed E-state index contributed by atoms with van der Waals surface area (Å²) in [6.07, 6.45) is 0.268. The molecule has 2 aromatic rings. The molecule has 0 saturated heterocycles. The van der Waals surface area contributed by atoms with Gasteiger partial charge in [-0.1, -0.05) is 29.8 Å². The molecular formula is C18H19N3O4S. The first-order chi connectivity index (χ1) is 12.3. The van der Waals surface area contributed by atoms with Gasteiger partial charge in [-0.3, -0.25) is 9.59 Å². The van der Waals surface area contributed by atoms with Crippen LogP contribution in [-0.4, -0.2) is 26.8 Å². The Bertz CT molecular complexity index is 970.